The van der Waals surface area contributed by atoms with E-state index in [-0.39, 0.29) is 22.8 Å². The second kappa shape index (κ2) is 10.3. The summed E-state index contributed by atoms with van der Waals surface area (Å²) in [5.41, 5.74) is 7.99. The van der Waals surface area contributed by atoms with Gasteiger partial charge in [-0.05, 0) is 35.9 Å². The number of nitrogen functional groups attached to an aromatic ring is 1. The number of nitrogens with two attached hydrogens (primary N) is 1. The van der Waals surface area contributed by atoms with Crippen molar-refractivity contribution >= 4 is 22.8 Å². The summed E-state index contributed by atoms with van der Waals surface area (Å²) >= 11 is 0. The van der Waals surface area contributed by atoms with E-state index in [1.54, 1.807) is 49.8 Å². The molecule has 0 radical (unpaired) electrons. The van der Waals surface area contributed by atoms with Crippen molar-refractivity contribution in [2.75, 3.05) is 19.4 Å². The molecule has 1 atom stereocenters. The average Bonchev–Trinajstić information content (AvgIpc) is 2.84. The molecular weight excluding hydrogens is 487 g/mol. The van der Waals surface area contributed by atoms with Crippen molar-refractivity contribution in [3.05, 3.63) is 70.8 Å². The van der Waals surface area contributed by atoms with E-state index in [4.69, 9.17) is 15.2 Å². The van der Waals surface area contributed by atoms with Gasteiger partial charge in [-0.2, -0.15) is 4.98 Å². The maximum Gasteiger partial charge on any atom is 0.317 e. The number of anilines is 1. The van der Waals surface area contributed by atoms with Crippen LogP contribution in [0, 0.1) is 0 Å². The normalized spacial score (nSPS) is 12.7. The lowest BCUT2D eigenvalue weighted by atomic mass is 10.0. The fourth-order valence-corrected chi connectivity index (χ4v) is 3.65. The maximum atomic E-state index is 13.8. The summed E-state index contributed by atoms with van der Waals surface area (Å²) in [6.07, 6.45) is 2.99. The highest BCUT2D eigenvalue weighted by Crippen LogP contribution is 2.28. The predicted molar refractivity (Wildman–Crippen MR) is 136 cm³/mol. The number of hydrogen-bond acceptors (Lipinski definition) is 7. The Morgan fingerprint density at radius 1 is 1.22 bits per heavy atom. The number of rotatable bonds is 8. The summed E-state index contributed by atoms with van der Waals surface area (Å²) in [6.45, 7) is 1.04. The molecule has 4 aromatic rings. The minimum atomic E-state index is -3.09. The molecule has 0 aliphatic heterocycles. The predicted octanol–water partition coefficient (Wildman–Crippen LogP) is 4.81. The molecule has 2 aromatic carbocycles. The topological polar surface area (TPSA) is 105 Å². The molecule has 0 aliphatic carbocycles. The zero-order valence-corrected chi connectivity index (χ0v) is 20.3. The van der Waals surface area contributed by atoms with E-state index in [0.29, 0.717) is 34.8 Å². The second-order valence-corrected chi connectivity index (χ2v) is 8.38. The number of ether oxygens (including phenoxy) is 2. The van der Waals surface area contributed by atoms with E-state index in [1.165, 1.54) is 29.8 Å². The van der Waals surface area contributed by atoms with E-state index in [9.17, 15) is 18.0 Å². The summed E-state index contributed by atoms with van der Waals surface area (Å²) in [5.74, 6) is -2.83. The van der Waals surface area contributed by atoms with Gasteiger partial charge in [-0.25, -0.2) is 18.2 Å². The molecular formula is C26H24F3N5O3. The molecule has 0 saturated heterocycles. The Balaban J connectivity index is 1.93. The Morgan fingerprint density at radius 2 is 1.95 bits per heavy atom. The van der Waals surface area contributed by atoms with E-state index in [0.717, 1.165) is 0 Å². The fraction of sp³-hybridized carbons (Fsp3) is 0.231. The molecule has 0 spiro atoms. The van der Waals surface area contributed by atoms with Crippen LogP contribution in [0.25, 0.3) is 27.7 Å². The third-order valence-electron chi connectivity index (χ3n) is 5.25. The van der Waals surface area contributed by atoms with Gasteiger partial charge in [0.2, 0.25) is 6.36 Å². The summed E-state index contributed by atoms with van der Waals surface area (Å²) in [6, 6.07) is 10.9. The Morgan fingerprint density at radius 3 is 2.59 bits per heavy atom. The summed E-state index contributed by atoms with van der Waals surface area (Å²) in [7, 11) is 1.61. The molecule has 1 unspecified atom stereocenters. The number of fused-ring (bicyclic) bond motifs is 1. The van der Waals surface area contributed by atoms with Crippen molar-refractivity contribution in [1.82, 2.24) is 14.5 Å². The van der Waals surface area contributed by atoms with Crippen molar-refractivity contribution in [2.45, 2.75) is 26.1 Å². The van der Waals surface area contributed by atoms with Crippen LogP contribution < -0.4 is 20.8 Å². The molecule has 0 bridgehead atoms. The first-order valence-corrected chi connectivity index (χ1v) is 11.2. The molecule has 11 heteroatoms. The summed E-state index contributed by atoms with van der Waals surface area (Å²) in [5, 5.41) is 0.449. The van der Waals surface area contributed by atoms with E-state index in [2.05, 4.69) is 15.0 Å². The van der Waals surface area contributed by atoms with Crippen LogP contribution in [0.2, 0.25) is 0 Å². The van der Waals surface area contributed by atoms with Gasteiger partial charge in [-0.3, -0.25) is 14.4 Å². The van der Waals surface area contributed by atoms with Gasteiger partial charge in [0.1, 0.15) is 5.75 Å². The Labute approximate surface area is 210 Å². The minimum Gasteiger partial charge on any atom is -0.461 e. The smallest absolute Gasteiger partial charge is 0.317 e. The van der Waals surface area contributed by atoms with Gasteiger partial charge in [0.05, 0.1) is 11.1 Å². The standard InChI is InChI=1S/C26H24F3N5O3/c1-15(27)37-20-7-4-16(5-8-20)22-23-18(12-32-25(33-23)36-14-26(2,28)29)13-34(24(22)35)19-6-9-21(30)17(10-19)11-31-3/h4-13,15H,14,30H2,1-3H3. The number of aromatic nitrogens is 3. The fourth-order valence-electron chi connectivity index (χ4n) is 3.65. The van der Waals surface area contributed by atoms with Crippen LogP contribution in [0.5, 0.6) is 11.8 Å². The lowest BCUT2D eigenvalue weighted by molar-refractivity contribution is -0.0255. The highest BCUT2D eigenvalue weighted by molar-refractivity contribution is 5.93. The van der Waals surface area contributed by atoms with Gasteiger partial charge in [0.25, 0.3) is 11.5 Å². The minimum absolute atomic E-state index is 0.162. The molecule has 0 aliphatic rings. The molecule has 2 N–H and O–H groups in total. The first-order chi connectivity index (χ1) is 17.6. The Kier molecular flexibility index (Phi) is 7.14. The second-order valence-electron chi connectivity index (χ2n) is 8.38. The molecule has 0 saturated carbocycles. The lowest BCUT2D eigenvalue weighted by Crippen LogP contribution is -2.23. The summed E-state index contributed by atoms with van der Waals surface area (Å²) < 4.78 is 51.4. The average molecular weight is 512 g/mol. The van der Waals surface area contributed by atoms with Gasteiger partial charge in [-0.15, -0.1) is 0 Å². The van der Waals surface area contributed by atoms with E-state index in [1.807, 2.05) is 0 Å². The molecule has 0 amide bonds. The van der Waals surface area contributed by atoms with Crippen molar-refractivity contribution in [3.63, 3.8) is 0 Å². The highest BCUT2D eigenvalue weighted by atomic mass is 19.3. The van der Waals surface area contributed by atoms with Gasteiger partial charge in [-0.1, -0.05) is 12.1 Å². The lowest BCUT2D eigenvalue weighted by Gasteiger charge is -2.15. The monoisotopic (exact) mass is 511 g/mol. The van der Waals surface area contributed by atoms with E-state index >= 15 is 0 Å². The zero-order valence-electron chi connectivity index (χ0n) is 20.3. The number of pyridine rings is 1. The van der Waals surface area contributed by atoms with Crippen molar-refractivity contribution < 1.29 is 22.6 Å². The van der Waals surface area contributed by atoms with Crippen LogP contribution in [-0.4, -0.2) is 46.7 Å². The van der Waals surface area contributed by atoms with Crippen molar-refractivity contribution in [2.24, 2.45) is 4.99 Å². The van der Waals surface area contributed by atoms with Gasteiger partial charge < -0.3 is 15.2 Å². The van der Waals surface area contributed by atoms with Gasteiger partial charge >= 0.3 is 6.01 Å². The number of aliphatic imine (C=N–C) groups is 1. The molecule has 0 fully saturated rings. The first-order valence-electron chi connectivity index (χ1n) is 11.2. The quantitative estimate of drug-likeness (QED) is 0.269. The molecule has 2 heterocycles. The number of halogens is 3. The molecule has 4 rings (SSSR count). The van der Waals surface area contributed by atoms with Gasteiger partial charge in [0, 0.05) is 61.8 Å². The molecule has 192 valence electrons. The van der Waals surface area contributed by atoms with Crippen LogP contribution in [-0.2, 0) is 0 Å². The number of alkyl halides is 3. The van der Waals surface area contributed by atoms with Crippen LogP contribution in [0.15, 0.2) is 64.6 Å². The largest absolute Gasteiger partial charge is 0.461 e. The van der Waals surface area contributed by atoms with Crippen LogP contribution >= 0.6 is 0 Å². The van der Waals surface area contributed by atoms with Crippen molar-refractivity contribution in [3.8, 4) is 28.6 Å². The first kappa shape index (κ1) is 25.7. The third-order valence-corrected chi connectivity index (χ3v) is 5.25. The number of benzene rings is 2. The third kappa shape index (κ3) is 5.88. The highest BCUT2D eigenvalue weighted by Gasteiger charge is 2.23. The Bertz CT molecular complexity index is 1510. The van der Waals surface area contributed by atoms with E-state index < -0.39 is 24.4 Å². The van der Waals surface area contributed by atoms with Crippen LogP contribution in [0.4, 0.5) is 18.9 Å². The van der Waals surface area contributed by atoms with Gasteiger partial charge in [0.15, 0.2) is 6.61 Å². The SMILES string of the molecule is CN=Cc1cc(-n2cc3cnc(OCC(C)(F)F)nc3c(-c3ccc(OC(C)F)cc3)c2=O)ccc1N. The van der Waals surface area contributed by atoms with Crippen molar-refractivity contribution in [1.29, 1.82) is 0 Å². The number of nitrogens with zero attached hydrogens (tertiary/aromatic N) is 4. The molecule has 37 heavy (non-hydrogen) atoms. The van der Waals surface area contributed by atoms with Crippen LogP contribution in [0.3, 0.4) is 0 Å². The Hall–Kier alpha value is -4.41. The molecule has 8 nitrogen and oxygen atoms in total. The summed E-state index contributed by atoms with van der Waals surface area (Å²) in [4.78, 5) is 26.1. The van der Waals surface area contributed by atoms with Crippen LogP contribution in [0.1, 0.15) is 19.4 Å². The number of hydrogen-bond donors (Lipinski definition) is 1. The zero-order chi connectivity index (χ0) is 26.7. The maximum absolute atomic E-state index is 13.8. The molecule has 2 aromatic heterocycles.